The molecule has 1 saturated heterocycles. The van der Waals surface area contributed by atoms with E-state index in [-0.39, 0.29) is 0 Å². The average molecular weight is 169 g/mol. The Labute approximate surface area is 74.9 Å². The van der Waals surface area contributed by atoms with Crippen LogP contribution in [0.3, 0.4) is 0 Å². The fraction of sp³-hybridized carbons (Fsp3) is 0.900. The molecule has 1 rings (SSSR count). The van der Waals surface area contributed by atoms with Crippen LogP contribution in [0.5, 0.6) is 0 Å². The van der Waals surface area contributed by atoms with Crippen LogP contribution in [0.2, 0.25) is 0 Å². The van der Waals surface area contributed by atoms with Crippen molar-refractivity contribution in [3.05, 3.63) is 0 Å². The fourth-order valence-electron chi connectivity index (χ4n) is 1.78. The van der Waals surface area contributed by atoms with Crippen LogP contribution in [-0.4, -0.2) is 23.4 Å². The molecule has 1 amide bonds. The maximum absolute atomic E-state index is 11.4. The molecule has 70 valence electrons. The number of hydrogen-bond acceptors (Lipinski definition) is 1. The van der Waals surface area contributed by atoms with Gasteiger partial charge in [0.25, 0.3) is 0 Å². The van der Waals surface area contributed by atoms with Gasteiger partial charge in [-0.15, -0.1) is 0 Å². The predicted molar refractivity (Wildman–Crippen MR) is 49.9 cm³/mol. The van der Waals surface area contributed by atoms with Crippen LogP contribution < -0.4 is 0 Å². The first kappa shape index (κ1) is 9.56. The highest BCUT2D eigenvalue weighted by Crippen LogP contribution is 2.35. The third kappa shape index (κ3) is 1.47. The van der Waals surface area contributed by atoms with E-state index in [0.29, 0.717) is 23.8 Å². The van der Waals surface area contributed by atoms with Crippen LogP contribution in [0.4, 0.5) is 0 Å². The number of carbonyl (C=O) groups is 1. The Balaban J connectivity index is 2.67. The van der Waals surface area contributed by atoms with Crippen molar-refractivity contribution in [3.8, 4) is 0 Å². The molecule has 12 heavy (non-hydrogen) atoms. The zero-order chi connectivity index (χ0) is 9.35. The first-order valence-corrected chi connectivity index (χ1v) is 4.78. The maximum atomic E-state index is 11.4. The quantitative estimate of drug-likeness (QED) is 0.588. The highest BCUT2D eigenvalue weighted by molar-refractivity contribution is 5.76. The molecule has 1 unspecified atom stereocenters. The van der Waals surface area contributed by atoms with Gasteiger partial charge >= 0.3 is 0 Å². The third-order valence-electron chi connectivity index (χ3n) is 3.22. The van der Waals surface area contributed by atoms with Gasteiger partial charge in [0.05, 0.1) is 0 Å². The summed E-state index contributed by atoms with van der Waals surface area (Å²) in [6.07, 6.45) is 1.78. The fourth-order valence-corrected chi connectivity index (χ4v) is 1.78. The standard InChI is InChI=1S/C10H19NO/c1-5-9(12)11-7-6-10(3,4)8(11)2/h8H,5-7H2,1-4H3. The van der Waals surface area contributed by atoms with Crippen molar-refractivity contribution in [1.29, 1.82) is 0 Å². The zero-order valence-corrected chi connectivity index (χ0v) is 8.55. The van der Waals surface area contributed by atoms with Gasteiger partial charge < -0.3 is 4.90 Å². The second kappa shape index (κ2) is 3.08. The zero-order valence-electron chi connectivity index (χ0n) is 8.55. The monoisotopic (exact) mass is 169 g/mol. The first-order chi connectivity index (χ1) is 5.49. The minimum Gasteiger partial charge on any atom is -0.339 e. The highest BCUT2D eigenvalue weighted by Gasteiger charge is 2.38. The number of rotatable bonds is 1. The van der Waals surface area contributed by atoms with Crippen molar-refractivity contribution in [2.45, 2.75) is 46.6 Å². The van der Waals surface area contributed by atoms with Crippen molar-refractivity contribution in [2.24, 2.45) is 5.41 Å². The van der Waals surface area contributed by atoms with Crippen LogP contribution in [0.15, 0.2) is 0 Å². The molecule has 2 heteroatoms. The van der Waals surface area contributed by atoms with E-state index < -0.39 is 0 Å². The molecule has 0 N–H and O–H groups in total. The van der Waals surface area contributed by atoms with Gasteiger partial charge in [0, 0.05) is 19.0 Å². The third-order valence-corrected chi connectivity index (χ3v) is 3.22. The SMILES string of the molecule is CCC(=O)N1CCC(C)(C)C1C. The van der Waals surface area contributed by atoms with Crippen molar-refractivity contribution in [3.63, 3.8) is 0 Å². The van der Waals surface area contributed by atoms with Crippen LogP contribution in [0, 0.1) is 5.41 Å². The van der Waals surface area contributed by atoms with Gasteiger partial charge in [0.1, 0.15) is 0 Å². The summed E-state index contributed by atoms with van der Waals surface area (Å²) >= 11 is 0. The topological polar surface area (TPSA) is 20.3 Å². The Morgan fingerprint density at radius 3 is 2.50 bits per heavy atom. The largest absolute Gasteiger partial charge is 0.339 e. The molecule has 1 aliphatic rings. The predicted octanol–water partition coefficient (Wildman–Crippen LogP) is 2.04. The lowest BCUT2D eigenvalue weighted by Crippen LogP contribution is -2.37. The summed E-state index contributed by atoms with van der Waals surface area (Å²) in [7, 11) is 0. The van der Waals surface area contributed by atoms with E-state index in [1.807, 2.05) is 11.8 Å². The van der Waals surface area contributed by atoms with Gasteiger partial charge in [-0.3, -0.25) is 4.79 Å². The summed E-state index contributed by atoms with van der Waals surface area (Å²) < 4.78 is 0. The van der Waals surface area contributed by atoms with Crippen molar-refractivity contribution in [1.82, 2.24) is 4.90 Å². The van der Waals surface area contributed by atoms with Crippen LogP contribution in [-0.2, 0) is 4.79 Å². The lowest BCUT2D eigenvalue weighted by atomic mass is 9.86. The van der Waals surface area contributed by atoms with Crippen molar-refractivity contribution in [2.75, 3.05) is 6.54 Å². The lowest BCUT2D eigenvalue weighted by molar-refractivity contribution is -0.132. The molecule has 2 nitrogen and oxygen atoms in total. The Hall–Kier alpha value is -0.530. The van der Waals surface area contributed by atoms with E-state index in [2.05, 4.69) is 20.8 Å². The van der Waals surface area contributed by atoms with Gasteiger partial charge in [0.2, 0.25) is 5.91 Å². The van der Waals surface area contributed by atoms with Crippen molar-refractivity contribution < 1.29 is 4.79 Å². The lowest BCUT2D eigenvalue weighted by Gasteiger charge is -2.29. The summed E-state index contributed by atoms with van der Waals surface area (Å²) in [5.74, 6) is 0.299. The van der Waals surface area contributed by atoms with Crippen LogP contribution in [0.1, 0.15) is 40.5 Å². The van der Waals surface area contributed by atoms with Gasteiger partial charge in [-0.05, 0) is 18.8 Å². The summed E-state index contributed by atoms with van der Waals surface area (Å²) in [6.45, 7) is 9.50. The molecule has 0 aromatic heterocycles. The normalized spacial score (nSPS) is 27.7. The van der Waals surface area contributed by atoms with E-state index in [1.165, 1.54) is 0 Å². The highest BCUT2D eigenvalue weighted by atomic mass is 16.2. The molecule has 1 aliphatic heterocycles. The maximum Gasteiger partial charge on any atom is 0.222 e. The van der Waals surface area contributed by atoms with Crippen molar-refractivity contribution >= 4 is 5.91 Å². The Bertz CT molecular complexity index is 186. The molecule has 0 aromatic rings. The Morgan fingerprint density at radius 2 is 2.17 bits per heavy atom. The second-order valence-electron chi connectivity index (χ2n) is 4.36. The Kier molecular flexibility index (Phi) is 2.45. The number of likely N-dealkylation sites (tertiary alicyclic amines) is 1. The van der Waals surface area contributed by atoms with Gasteiger partial charge in [0.15, 0.2) is 0 Å². The molecule has 0 spiro atoms. The van der Waals surface area contributed by atoms with E-state index >= 15 is 0 Å². The molecular weight excluding hydrogens is 150 g/mol. The molecule has 0 aromatic carbocycles. The summed E-state index contributed by atoms with van der Waals surface area (Å²) in [4.78, 5) is 13.5. The average Bonchev–Trinajstić information content (AvgIpc) is 2.27. The minimum absolute atomic E-state index is 0.299. The number of nitrogens with zero attached hydrogens (tertiary/aromatic N) is 1. The summed E-state index contributed by atoms with van der Waals surface area (Å²) in [5.41, 5.74) is 0.310. The molecule has 0 radical (unpaired) electrons. The minimum atomic E-state index is 0.299. The first-order valence-electron chi connectivity index (χ1n) is 4.78. The molecule has 0 aliphatic carbocycles. The smallest absolute Gasteiger partial charge is 0.222 e. The molecular formula is C10H19NO. The molecule has 1 heterocycles. The summed E-state index contributed by atoms with van der Waals surface area (Å²) in [5, 5.41) is 0. The summed E-state index contributed by atoms with van der Waals surface area (Å²) in [6, 6.07) is 0.407. The van der Waals surface area contributed by atoms with Gasteiger partial charge in [-0.1, -0.05) is 20.8 Å². The van der Waals surface area contributed by atoms with Gasteiger partial charge in [-0.25, -0.2) is 0 Å². The Morgan fingerprint density at radius 1 is 1.58 bits per heavy atom. The molecule has 1 fully saturated rings. The second-order valence-corrected chi connectivity index (χ2v) is 4.36. The van der Waals surface area contributed by atoms with E-state index in [4.69, 9.17) is 0 Å². The molecule has 0 bridgehead atoms. The molecule has 1 atom stereocenters. The number of hydrogen-bond donors (Lipinski definition) is 0. The van der Waals surface area contributed by atoms with E-state index in [1.54, 1.807) is 0 Å². The number of amides is 1. The van der Waals surface area contributed by atoms with Crippen LogP contribution in [0.25, 0.3) is 0 Å². The molecule has 0 saturated carbocycles. The van der Waals surface area contributed by atoms with E-state index in [9.17, 15) is 4.79 Å². The number of carbonyl (C=O) groups excluding carboxylic acids is 1. The van der Waals surface area contributed by atoms with E-state index in [0.717, 1.165) is 13.0 Å². The van der Waals surface area contributed by atoms with Crippen LogP contribution >= 0.6 is 0 Å². The van der Waals surface area contributed by atoms with Gasteiger partial charge in [-0.2, -0.15) is 0 Å².